The molecule has 0 spiro atoms. The number of hydrogen-bond acceptors (Lipinski definition) is 3. The third-order valence-corrected chi connectivity index (χ3v) is 3.34. The molecule has 1 aliphatic rings. The number of nitrogens with zero attached hydrogens (tertiary/aromatic N) is 2. The van der Waals surface area contributed by atoms with E-state index in [0.717, 1.165) is 23.0 Å². The molecule has 1 aliphatic carbocycles. The van der Waals surface area contributed by atoms with E-state index >= 15 is 0 Å². The van der Waals surface area contributed by atoms with Crippen molar-refractivity contribution < 1.29 is 4.42 Å². The van der Waals surface area contributed by atoms with Crippen LogP contribution >= 0.6 is 0 Å². The standard InChI is InChI=1S/C12H15N3O/c1-8-10(6-7-16-8)12-13-11(14-15-12)9-4-2-3-5-9/h6-7,9H,2-5H2,1H3,(H,13,14,15). The lowest BCUT2D eigenvalue weighted by atomic mass is 10.1. The van der Waals surface area contributed by atoms with Crippen molar-refractivity contribution in [1.29, 1.82) is 0 Å². The summed E-state index contributed by atoms with van der Waals surface area (Å²) in [7, 11) is 0. The molecular formula is C12H15N3O. The van der Waals surface area contributed by atoms with Crippen LogP contribution in [0.25, 0.3) is 11.4 Å². The summed E-state index contributed by atoms with van der Waals surface area (Å²) in [5, 5.41) is 7.33. The van der Waals surface area contributed by atoms with Gasteiger partial charge in [-0.15, -0.1) is 0 Å². The molecule has 2 aromatic rings. The smallest absolute Gasteiger partial charge is 0.184 e. The number of aromatic amines is 1. The van der Waals surface area contributed by atoms with Gasteiger partial charge in [0.05, 0.1) is 11.8 Å². The van der Waals surface area contributed by atoms with Crippen LogP contribution in [0.4, 0.5) is 0 Å². The Morgan fingerprint density at radius 2 is 2.19 bits per heavy atom. The van der Waals surface area contributed by atoms with E-state index in [1.807, 2.05) is 13.0 Å². The highest BCUT2D eigenvalue weighted by Crippen LogP contribution is 2.33. The lowest BCUT2D eigenvalue weighted by molar-refractivity contribution is 0.535. The number of H-pyrrole nitrogens is 1. The molecule has 1 fully saturated rings. The lowest BCUT2D eigenvalue weighted by Crippen LogP contribution is -1.94. The quantitative estimate of drug-likeness (QED) is 0.841. The number of rotatable bonds is 2. The van der Waals surface area contributed by atoms with Crippen LogP contribution in [0.5, 0.6) is 0 Å². The third-order valence-electron chi connectivity index (χ3n) is 3.34. The first kappa shape index (κ1) is 9.63. The topological polar surface area (TPSA) is 54.7 Å². The van der Waals surface area contributed by atoms with Gasteiger partial charge in [-0.2, -0.15) is 5.10 Å². The van der Waals surface area contributed by atoms with E-state index in [1.54, 1.807) is 6.26 Å². The summed E-state index contributed by atoms with van der Waals surface area (Å²) in [5.74, 6) is 3.24. The van der Waals surface area contributed by atoms with Crippen molar-refractivity contribution in [3.63, 3.8) is 0 Å². The van der Waals surface area contributed by atoms with Gasteiger partial charge in [0.1, 0.15) is 11.6 Å². The monoisotopic (exact) mass is 217 g/mol. The zero-order valence-electron chi connectivity index (χ0n) is 9.36. The molecule has 0 saturated heterocycles. The zero-order chi connectivity index (χ0) is 11.0. The molecule has 2 aromatic heterocycles. The summed E-state index contributed by atoms with van der Waals surface area (Å²) >= 11 is 0. The van der Waals surface area contributed by atoms with Gasteiger partial charge in [-0.1, -0.05) is 12.8 Å². The summed E-state index contributed by atoms with van der Waals surface area (Å²) in [6.07, 6.45) is 6.77. The largest absolute Gasteiger partial charge is 0.469 e. The van der Waals surface area contributed by atoms with Crippen LogP contribution in [0.3, 0.4) is 0 Å². The maximum Gasteiger partial charge on any atom is 0.184 e. The second kappa shape index (κ2) is 3.77. The van der Waals surface area contributed by atoms with Gasteiger partial charge in [0.25, 0.3) is 0 Å². The molecule has 0 unspecified atom stereocenters. The van der Waals surface area contributed by atoms with Crippen molar-refractivity contribution in [3.05, 3.63) is 23.9 Å². The van der Waals surface area contributed by atoms with Crippen LogP contribution in [0, 0.1) is 6.92 Å². The molecule has 0 aliphatic heterocycles. The summed E-state index contributed by atoms with van der Waals surface area (Å²) in [6.45, 7) is 1.93. The van der Waals surface area contributed by atoms with Crippen molar-refractivity contribution in [2.24, 2.45) is 0 Å². The fourth-order valence-corrected chi connectivity index (χ4v) is 2.39. The van der Waals surface area contributed by atoms with E-state index in [0.29, 0.717) is 5.92 Å². The normalized spacial score (nSPS) is 17.1. The third kappa shape index (κ3) is 1.54. The maximum absolute atomic E-state index is 5.26. The van der Waals surface area contributed by atoms with E-state index in [-0.39, 0.29) is 0 Å². The summed E-state index contributed by atoms with van der Waals surface area (Å²) < 4.78 is 5.26. The van der Waals surface area contributed by atoms with E-state index in [1.165, 1.54) is 25.7 Å². The Labute approximate surface area is 94.1 Å². The molecular weight excluding hydrogens is 202 g/mol. The summed E-state index contributed by atoms with van der Waals surface area (Å²) in [4.78, 5) is 4.57. The average Bonchev–Trinajstić information content (AvgIpc) is 2.96. The van der Waals surface area contributed by atoms with Crippen LogP contribution in [0.2, 0.25) is 0 Å². The second-order valence-electron chi connectivity index (χ2n) is 4.42. The van der Waals surface area contributed by atoms with Crippen molar-refractivity contribution in [2.45, 2.75) is 38.5 Å². The zero-order valence-corrected chi connectivity index (χ0v) is 9.36. The van der Waals surface area contributed by atoms with Gasteiger partial charge < -0.3 is 4.42 Å². The highest BCUT2D eigenvalue weighted by atomic mass is 16.3. The highest BCUT2D eigenvalue weighted by molar-refractivity contribution is 5.56. The Hall–Kier alpha value is -1.58. The van der Waals surface area contributed by atoms with Gasteiger partial charge in [-0.25, -0.2) is 4.98 Å². The van der Waals surface area contributed by atoms with Crippen LogP contribution in [0.15, 0.2) is 16.7 Å². The highest BCUT2D eigenvalue weighted by Gasteiger charge is 2.21. The first-order valence-electron chi connectivity index (χ1n) is 5.81. The molecule has 3 rings (SSSR count). The van der Waals surface area contributed by atoms with Crippen molar-refractivity contribution in [3.8, 4) is 11.4 Å². The second-order valence-corrected chi connectivity index (χ2v) is 4.42. The van der Waals surface area contributed by atoms with Crippen molar-refractivity contribution in [1.82, 2.24) is 15.2 Å². The molecule has 84 valence electrons. The molecule has 1 saturated carbocycles. The lowest BCUT2D eigenvalue weighted by Gasteiger charge is -2.01. The molecule has 0 atom stereocenters. The summed E-state index contributed by atoms with van der Waals surface area (Å²) in [6, 6.07) is 1.91. The van der Waals surface area contributed by atoms with Gasteiger partial charge in [-0.05, 0) is 25.8 Å². The van der Waals surface area contributed by atoms with Crippen LogP contribution < -0.4 is 0 Å². The minimum absolute atomic E-state index is 0.577. The van der Waals surface area contributed by atoms with Crippen LogP contribution in [0.1, 0.15) is 43.2 Å². The Bertz CT molecular complexity index is 480. The summed E-state index contributed by atoms with van der Waals surface area (Å²) in [5.41, 5.74) is 0.987. The number of aryl methyl sites for hydroxylation is 1. The average molecular weight is 217 g/mol. The molecule has 4 heteroatoms. The van der Waals surface area contributed by atoms with E-state index < -0.39 is 0 Å². The molecule has 4 nitrogen and oxygen atoms in total. The molecule has 16 heavy (non-hydrogen) atoms. The Morgan fingerprint density at radius 3 is 2.88 bits per heavy atom. The SMILES string of the molecule is Cc1occc1-c1n[nH]c(C2CCCC2)n1. The molecule has 1 N–H and O–H groups in total. The van der Waals surface area contributed by atoms with E-state index in [9.17, 15) is 0 Å². The minimum atomic E-state index is 0.577. The van der Waals surface area contributed by atoms with Gasteiger partial charge in [0, 0.05) is 5.92 Å². The van der Waals surface area contributed by atoms with Crippen LogP contribution in [-0.4, -0.2) is 15.2 Å². The maximum atomic E-state index is 5.26. The number of furan rings is 1. The fraction of sp³-hybridized carbons (Fsp3) is 0.500. The van der Waals surface area contributed by atoms with E-state index in [2.05, 4.69) is 15.2 Å². The number of aromatic nitrogens is 3. The van der Waals surface area contributed by atoms with Crippen LogP contribution in [-0.2, 0) is 0 Å². The van der Waals surface area contributed by atoms with Gasteiger partial charge in [0.2, 0.25) is 0 Å². The minimum Gasteiger partial charge on any atom is -0.469 e. The molecule has 2 heterocycles. The van der Waals surface area contributed by atoms with Gasteiger partial charge >= 0.3 is 0 Å². The molecule has 0 radical (unpaired) electrons. The molecule has 0 aromatic carbocycles. The van der Waals surface area contributed by atoms with Gasteiger partial charge in [0.15, 0.2) is 5.82 Å². The Balaban J connectivity index is 1.90. The fourth-order valence-electron chi connectivity index (χ4n) is 2.39. The Morgan fingerprint density at radius 1 is 1.38 bits per heavy atom. The molecule has 0 bridgehead atoms. The number of hydrogen-bond donors (Lipinski definition) is 1. The number of nitrogens with one attached hydrogen (secondary N) is 1. The Kier molecular flexibility index (Phi) is 2.27. The predicted molar refractivity (Wildman–Crippen MR) is 60.0 cm³/mol. The van der Waals surface area contributed by atoms with Crippen molar-refractivity contribution in [2.75, 3.05) is 0 Å². The van der Waals surface area contributed by atoms with E-state index in [4.69, 9.17) is 4.42 Å². The van der Waals surface area contributed by atoms with Crippen molar-refractivity contribution >= 4 is 0 Å². The van der Waals surface area contributed by atoms with Gasteiger partial charge in [-0.3, -0.25) is 5.10 Å². The first-order chi connectivity index (χ1) is 7.84. The first-order valence-corrected chi connectivity index (χ1v) is 5.81. The molecule has 0 amide bonds. The predicted octanol–water partition coefficient (Wildman–Crippen LogP) is 3.03.